The number of carbonyl (C=O) groups excluding carboxylic acids is 1. The molecule has 1 aromatic carbocycles. The first-order valence-electron chi connectivity index (χ1n) is 6.79. The zero-order valence-electron chi connectivity index (χ0n) is 12.2. The molecule has 1 rings (SSSR count). The van der Waals surface area contributed by atoms with Crippen LogP contribution in [0.2, 0.25) is 10.0 Å². The lowest BCUT2D eigenvalue weighted by atomic mass is 9.81. The predicted molar refractivity (Wildman–Crippen MR) is 85.0 cm³/mol. The Hall–Kier alpha value is -0.770. The van der Waals surface area contributed by atoms with Crippen molar-refractivity contribution < 1.29 is 4.79 Å². The zero-order valence-corrected chi connectivity index (χ0v) is 13.8. The van der Waals surface area contributed by atoms with Crippen LogP contribution in [0.3, 0.4) is 0 Å². The van der Waals surface area contributed by atoms with Crippen LogP contribution in [0.4, 0.5) is 0 Å². The minimum absolute atomic E-state index is 0.0705. The van der Waals surface area contributed by atoms with Gasteiger partial charge in [0.05, 0.1) is 5.41 Å². The highest BCUT2D eigenvalue weighted by molar-refractivity contribution is 6.34. The van der Waals surface area contributed by atoms with Crippen LogP contribution in [0, 0.1) is 5.41 Å². The van der Waals surface area contributed by atoms with Crippen molar-refractivity contribution in [1.82, 2.24) is 4.90 Å². The van der Waals surface area contributed by atoms with E-state index in [0.717, 1.165) is 18.4 Å². The van der Waals surface area contributed by atoms with Crippen LogP contribution >= 0.6 is 23.2 Å². The average molecular weight is 317 g/mol. The fraction of sp³-hybridized carbons (Fsp3) is 0.533. The summed E-state index contributed by atoms with van der Waals surface area (Å²) in [6, 6.07) is 5.31. The first kappa shape index (κ1) is 17.3. The molecule has 20 heavy (non-hydrogen) atoms. The molecule has 0 bridgehead atoms. The molecule has 0 unspecified atom stereocenters. The van der Waals surface area contributed by atoms with Gasteiger partial charge in [-0.05, 0) is 36.6 Å². The molecule has 0 spiro atoms. The summed E-state index contributed by atoms with van der Waals surface area (Å²) >= 11 is 12.0. The van der Waals surface area contributed by atoms with Gasteiger partial charge in [0.15, 0.2) is 0 Å². The van der Waals surface area contributed by atoms with Gasteiger partial charge in [0.2, 0.25) is 5.91 Å². The molecule has 0 aliphatic rings. The first-order chi connectivity index (χ1) is 9.38. The molecule has 0 atom stereocenters. The quantitative estimate of drug-likeness (QED) is 0.869. The van der Waals surface area contributed by atoms with Crippen molar-refractivity contribution in [2.24, 2.45) is 11.1 Å². The Morgan fingerprint density at radius 3 is 2.10 bits per heavy atom. The minimum Gasteiger partial charge on any atom is -0.341 e. The van der Waals surface area contributed by atoms with E-state index in [1.165, 1.54) is 0 Å². The SMILES string of the molecule is CCC(CC)(CN)C(=O)N(C)Cc1cc(Cl)cc(Cl)c1. The van der Waals surface area contributed by atoms with Crippen LogP contribution in [-0.2, 0) is 11.3 Å². The maximum Gasteiger partial charge on any atom is 0.230 e. The van der Waals surface area contributed by atoms with E-state index in [2.05, 4.69) is 0 Å². The number of amides is 1. The van der Waals surface area contributed by atoms with Gasteiger partial charge in [-0.2, -0.15) is 0 Å². The molecule has 5 heteroatoms. The van der Waals surface area contributed by atoms with E-state index >= 15 is 0 Å². The van der Waals surface area contributed by atoms with E-state index in [9.17, 15) is 4.79 Å². The van der Waals surface area contributed by atoms with E-state index in [4.69, 9.17) is 28.9 Å². The maximum atomic E-state index is 12.6. The van der Waals surface area contributed by atoms with Gasteiger partial charge in [0.1, 0.15) is 0 Å². The molecule has 0 aromatic heterocycles. The lowest BCUT2D eigenvalue weighted by Crippen LogP contribution is -2.45. The third-order valence-corrected chi connectivity index (χ3v) is 4.32. The van der Waals surface area contributed by atoms with Crippen molar-refractivity contribution in [3.8, 4) is 0 Å². The largest absolute Gasteiger partial charge is 0.341 e. The normalized spacial score (nSPS) is 11.5. The predicted octanol–water partition coefficient (Wildman–Crippen LogP) is 3.72. The summed E-state index contributed by atoms with van der Waals surface area (Å²) in [4.78, 5) is 14.3. The highest BCUT2D eigenvalue weighted by Crippen LogP contribution is 2.28. The first-order valence-corrected chi connectivity index (χ1v) is 7.54. The number of nitrogens with zero attached hydrogens (tertiary/aromatic N) is 1. The van der Waals surface area contributed by atoms with Gasteiger partial charge >= 0.3 is 0 Å². The minimum atomic E-state index is -0.475. The summed E-state index contributed by atoms with van der Waals surface area (Å²) in [5.41, 5.74) is 6.26. The Kier molecular flexibility index (Phi) is 6.31. The molecule has 3 nitrogen and oxygen atoms in total. The summed E-state index contributed by atoms with van der Waals surface area (Å²) in [5.74, 6) is 0.0705. The van der Waals surface area contributed by atoms with Gasteiger partial charge in [-0.15, -0.1) is 0 Å². The Balaban J connectivity index is 2.89. The van der Waals surface area contributed by atoms with Crippen LogP contribution in [0.25, 0.3) is 0 Å². The molecule has 2 N–H and O–H groups in total. The van der Waals surface area contributed by atoms with Crippen molar-refractivity contribution in [3.63, 3.8) is 0 Å². The number of carbonyl (C=O) groups is 1. The van der Waals surface area contributed by atoms with Crippen molar-refractivity contribution in [3.05, 3.63) is 33.8 Å². The second kappa shape index (κ2) is 7.30. The van der Waals surface area contributed by atoms with E-state index in [1.807, 2.05) is 26.0 Å². The zero-order chi connectivity index (χ0) is 15.3. The van der Waals surface area contributed by atoms with E-state index < -0.39 is 5.41 Å². The number of hydrogen-bond donors (Lipinski definition) is 1. The fourth-order valence-corrected chi connectivity index (χ4v) is 2.95. The molecule has 0 saturated carbocycles. The Morgan fingerprint density at radius 1 is 1.20 bits per heavy atom. The van der Waals surface area contributed by atoms with Crippen LogP contribution in [0.5, 0.6) is 0 Å². The lowest BCUT2D eigenvalue weighted by molar-refractivity contribution is -0.141. The molecule has 112 valence electrons. The summed E-state index contributed by atoms with van der Waals surface area (Å²) in [5, 5.41) is 1.15. The topological polar surface area (TPSA) is 46.3 Å². The summed E-state index contributed by atoms with van der Waals surface area (Å²) in [7, 11) is 1.78. The molecule has 0 aliphatic heterocycles. The monoisotopic (exact) mass is 316 g/mol. The van der Waals surface area contributed by atoms with E-state index in [0.29, 0.717) is 23.1 Å². The number of rotatable bonds is 6. The van der Waals surface area contributed by atoms with Crippen molar-refractivity contribution >= 4 is 29.1 Å². The number of nitrogens with two attached hydrogens (primary N) is 1. The van der Waals surface area contributed by atoms with Crippen molar-refractivity contribution in [2.45, 2.75) is 33.2 Å². The average Bonchev–Trinajstić information content (AvgIpc) is 2.39. The number of hydrogen-bond acceptors (Lipinski definition) is 2. The van der Waals surface area contributed by atoms with Crippen LogP contribution in [0.1, 0.15) is 32.3 Å². The molecule has 1 aromatic rings. The molecule has 0 aliphatic carbocycles. The highest BCUT2D eigenvalue weighted by atomic mass is 35.5. The van der Waals surface area contributed by atoms with Gasteiger partial charge in [-0.25, -0.2) is 0 Å². The van der Waals surface area contributed by atoms with Gasteiger partial charge < -0.3 is 10.6 Å². The van der Waals surface area contributed by atoms with Gasteiger partial charge in [0.25, 0.3) is 0 Å². The standard InChI is InChI=1S/C15H22Cl2N2O/c1-4-15(5-2,10-18)14(20)19(3)9-11-6-12(16)8-13(17)7-11/h6-8H,4-5,9-10,18H2,1-3H3. The van der Waals surface area contributed by atoms with E-state index in [-0.39, 0.29) is 5.91 Å². The molecule has 0 fully saturated rings. The lowest BCUT2D eigenvalue weighted by Gasteiger charge is -2.33. The Labute approximate surface area is 131 Å². The van der Waals surface area contributed by atoms with Gasteiger partial charge in [-0.1, -0.05) is 37.0 Å². The third kappa shape index (κ3) is 3.87. The summed E-state index contributed by atoms with van der Waals surface area (Å²) in [6.07, 6.45) is 1.47. The van der Waals surface area contributed by atoms with Crippen LogP contribution < -0.4 is 5.73 Å². The smallest absolute Gasteiger partial charge is 0.230 e. The fourth-order valence-electron chi connectivity index (χ4n) is 2.38. The second-order valence-corrected chi connectivity index (χ2v) is 6.00. The molecule has 0 heterocycles. The summed E-state index contributed by atoms with van der Waals surface area (Å²) < 4.78 is 0. The van der Waals surface area contributed by atoms with Crippen LogP contribution in [0.15, 0.2) is 18.2 Å². The molecular formula is C15H22Cl2N2O. The molecular weight excluding hydrogens is 295 g/mol. The Bertz CT molecular complexity index is 444. The molecule has 0 radical (unpaired) electrons. The van der Waals surface area contributed by atoms with Gasteiger partial charge in [-0.3, -0.25) is 4.79 Å². The van der Waals surface area contributed by atoms with Crippen molar-refractivity contribution in [2.75, 3.05) is 13.6 Å². The van der Waals surface area contributed by atoms with Crippen LogP contribution in [-0.4, -0.2) is 24.4 Å². The third-order valence-electron chi connectivity index (χ3n) is 3.89. The highest BCUT2D eigenvalue weighted by Gasteiger charge is 2.35. The van der Waals surface area contributed by atoms with E-state index in [1.54, 1.807) is 18.0 Å². The number of halogens is 2. The maximum absolute atomic E-state index is 12.6. The summed E-state index contributed by atoms with van der Waals surface area (Å²) in [6.45, 7) is 4.83. The Morgan fingerprint density at radius 2 is 1.70 bits per heavy atom. The van der Waals surface area contributed by atoms with Crippen molar-refractivity contribution in [1.29, 1.82) is 0 Å². The second-order valence-electron chi connectivity index (χ2n) is 5.13. The number of benzene rings is 1. The molecule has 0 saturated heterocycles. The van der Waals surface area contributed by atoms with Gasteiger partial charge in [0, 0.05) is 30.2 Å². The molecule has 1 amide bonds.